The normalized spacial score (nSPS) is 36.7. The lowest BCUT2D eigenvalue weighted by molar-refractivity contribution is -0.139. The summed E-state index contributed by atoms with van der Waals surface area (Å²) >= 11 is 0. The first-order chi connectivity index (χ1) is 5.42. The minimum absolute atomic E-state index is 0.0551. The van der Waals surface area contributed by atoms with Crippen molar-refractivity contribution in [3.8, 4) is 0 Å². The van der Waals surface area contributed by atoms with Gasteiger partial charge in [-0.25, -0.2) is 0 Å². The van der Waals surface area contributed by atoms with Crippen molar-refractivity contribution in [1.29, 1.82) is 0 Å². The fourth-order valence-corrected chi connectivity index (χ4v) is 2.65. The molecule has 5 nitrogen and oxygen atoms in total. The average Bonchev–Trinajstić information content (AvgIpc) is 2.28. The van der Waals surface area contributed by atoms with Crippen LogP contribution in [0.15, 0.2) is 11.9 Å². The number of carbonyl (C=O) groups is 1. The van der Waals surface area contributed by atoms with Gasteiger partial charge in [-0.15, -0.1) is 0 Å². The van der Waals surface area contributed by atoms with E-state index < -0.39 is 25.3 Å². The second-order valence-corrected chi connectivity index (χ2v) is 4.98. The van der Waals surface area contributed by atoms with Gasteiger partial charge in [-0.2, -0.15) is 0 Å². The number of carboxylic acid groups (broad SMARTS) is 1. The maximum atomic E-state index is 11.0. The Balaban J connectivity index is 2.66. The maximum absolute atomic E-state index is 11.0. The Kier molecular flexibility index (Phi) is 2.37. The molecule has 3 unspecified atom stereocenters. The van der Waals surface area contributed by atoms with Gasteiger partial charge < -0.3 is 15.7 Å². The van der Waals surface area contributed by atoms with Crippen LogP contribution in [0.25, 0.3) is 0 Å². The number of nitrogens with two attached hydrogens (primary N) is 1. The summed E-state index contributed by atoms with van der Waals surface area (Å²) in [5, 5.41) is 8.48. The van der Waals surface area contributed by atoms with E-state index >= 15 is 0 Å². The first-order valence-corrected chi connectivity index (χ1v) is 5.33. The van der Waals surface area contributed by atoms with Gasteiger partial charge in [0.1, 0.15) is 6.04 Å². The molecule has 0 fully saturated rings. The topological polar surface area (TPSA) is 101 Å². The van der Waals surface area contributed by atoms with E-state index in [4.69, 9.17) is 15.7 Å². The van der Waals surface area contributed by atoms with Crippen LogP contribution in [0.1, 0.15) is 0 Å². The van der Waals surface area contributed by atoms with Gasteiger partial charge in [0.25, 0.3) is 0 Å². The Hall–Kier alpha value is -0.640. The van der Waals surface area contributed by atoms with Gasteiger partial charge in [0.05, 0.1) is 0 Å². The lowest BCUT2D eigenvalue weighted by atomic mass is 10.0. The minimum Gasteiger partial charge on any atom is -0.480 e. The third-order valence-corrected chi connectivity index (χ3v) is 3.37. The molecule has 0 radical (unpaired) electrons. The molecule has 0 spiro atoms. The molecule has 3 atom stereocenters. The smallest absolute Gasteiger partial charge is 0.321 e. The zero-order valence-corrected chi connectivity index (χ0v) is 7.15. The molecule has 0 aromatic rings. The van der Waals surface area contributed by atoms with Crippen LogP contribution in [0.4, 0.5) is 0 Å². The highest BCUT2D eigenvalue weighted by Crippen LogP contribution is 2.49. The highest BCUT2D eigenvalue weighted by molar-refractivity contribution is 7.61. The standard InChI is InChI=1S/C6H10NO4P/c7-5(6(8)9)4-1-2-12(10,11)3-4/h1-2,4-5H,3,7H2,(H,8,9)(H,10,11). The van der Waals surface area contributed by atoms with E-state index in [0.29, 0.717) is 0 Å². The predicted molar refractivity (Wildman–Crippen MR) is 42.9 cm³/mol. The quantitative estimate of drug-likeness (QED) is 0.525. The van der Waals surface area contributed by atoms with Crippen molar-refractivity contribution in [3.05, 3.63) is 11.9 Å². The van der Waals surface area contributed by atoms with E-state index in [1.807, 2.05) is 0 Å². The lowest BCUT2D eigenvalue weighted by Crippen LogP contribution is -2.37. The van der Waals surface area contributed by atoms with Gasteiger partial charge in [0.2, 0.25) is 7.37 Å². The molecular weight excluding hydrogens is 181 g/mol. The summed E-state index contributed by atoms with van der Waals surface area (Å²) in [6, 6.07) is -1.08. The summed E-state index contributed by atoms with van der Waals surface area (Å²) in [7, 11) is -3.22. The van der Waals surface area contributed by atoms with Crippen LogP contribution in [-0.2, 0) is 9.36 Å². The van der Waals surface area contributed by atoms with Crippen LogP contribution in [0, 0.1) is 5.92 Å². The van der Waals surface area contributed by atoms with Crippen molar-refractivity contribution in [2.75, 3.05) is 6.16 Å². The average molecular weight is 191 g/mol. The summed E-state index contributed by atoms with van der Waals surface area (Å²) < 4.78 is 11.0. The lowest BCUT2D eigenvalue weighted by Gasteiger charge is -2.12. The number of carboxylic acids is 1. The first kappa shape index (κ1) is 9.45. The van der Waals surface area contributed by atoms with Crippen LogP contribution < -0.4 is 5.73 Å². The number of hydrogen-bond donors (Lipinski definition) is 3. The highest BCUT2D eigenvalue weighted by atomic mass is 31.2. The van der Waals surface area contributed by atoms with E-state index in [9.17, 15) is 9.36 Å². The Morgan fingerprint density at radius 3 is 2.67 bits per heavy atom. The number of aliphatic carboxylic acids is 1. The molecule has 4 N–H and O–H groups in total. The Labute approximate surface area is 69.3 Å². The Morgan fingerprint density at radius 1 is 1.75 bits per heavy atom. The summed E-state index contributed by atoms with van der Waals surface area (Å²) in [4.78, 5) is 19.4. The molecule has 1 aliphatic rings. The van der Waals surface area contributed by atoms with Crippen LogP contribution >= 0.6 is 7.37 Å². The first-order valence-electron chi connectivity index (χ1n) is 3.41. The Bertz CT molecular complexity index is 275. The van der Waals surface area contributed by atoms with E-state index in [1.54, 1.807) is 0 Å². The molecule has 12 heavy (non-hydrogen) atoms. The fraction of sp³-hybridized carbons (Fsp3) is 0.500. The summed E-state index contributed by atoms with van der Waals surface area (Å²) in [5.41, 5.74) is 5.26. The van der Waals surface area contributed by atoms with E-state index in [-0.39, 0.29) is 6.16 Å². The van der Waals surface area contributed by atoms with Crippen molar-refractivity contribution in [3.63, 3.8) is 0 Å². The van der Waals surface area contributed by atoms with Crippen molar-refractivity contribution in [1.82, 2.24) is 0 Å². The van der Waals surface area contributed by atoms with Crippen molar-refractivity contribution < 1.29 is 19.4 Å². The molecule has 1 rings (SSSR count). The molecule has 0 amide bonds. The molecule has 6 heteroatoms. The summed E-state index contributed by atoms with van der Waals surface area (Å²) in [6.07, 6.45) is 1.35. The van der Waals surface area contributed by atoms with Crippen LogP contribution in [0.3, 0.4) is 0 Å². The number of hydrogen-bond acceptors (Lipinski definition) is 3. The van der Waals surface area contributed by atoms with Gasteiger partial charge in [-0.3, -0.25) is 9.36 Å². The van der Waals surface area contributed by atoms with Gasteiger partial charge in [0.15, 0.2) is 0 Å². The molecule has 0 saturated carbocycles. The van der Waals surface area contributed by atoms with Gasteiger partial charge >= 0.3 is 5.97 Å². The molecule has 1 heterocycles. The minimum atomic E-state index is -3.22. The maximum Gasteiger partial charge on any atom is 0.321 e. The second kappa shape index (κ2) is 3.01. The largest absolute Gasteiger partial charge is 0.480 e. The molecule has 0 aliphatic carbocycles. The Morgan fingerprint density at radius 2 is 2.33 bits per heavy atom. The van der Waals surface area contributed by atoms with Crippen LogP contribution in [0.2, 0.25) is 0 Å². The zero-order chi connectivity index (χ0) is 9.35. The van der Waals surface area contributed by atoms with Gasteiger partial charge in [-0.05, 0) is 5.82 Å². The van der Waals surface area contributed by atoms with Crippen LogP contribution in [-0.4, -0.2) is 28.2 Å². The number of rotatable bonds is 2. The predicted octanol–water partition coefficient (Wildman–Crippen LogP) is -0.188. The monoisotopic (exact) mass is 191 g/mol. The zero-order valence-electron chi connectivity index (χ0n) is 6.25. The molecule has 0 aromatic carbocycles. The van der Waals surface area contributed by atoms with E-state index in [0.717, 1.165) is 5.82 Å². The molecule has 0 saturated heterocycles. The molecule has 68 valence electrons. The van der Waals surface area contributed by atoms with E-state index in [1.165, 1.54) is 6.08 Å². The summed E-state index contributed by atoms with van der Waals surface area (Å²) in [6.45, 7) is 0. The SMILES string of the molecule is NC(C(=O)O)C1C=CP(=O)(O)C1. The molecular formula is C6H10NO4P. The highest BCUT2D eigenvalue weighted by Gasteiger charge is 2.33. The van der Waals surface area contributed by atoms with Crippen LogP contribution in [0.5, 0.6) is 0 Å². The van der Waals surface area contributed by atoms with E-state index in [2.05, 4.69) is 0 Å². The van der Waals surface area contributed by atoms with Crippen molar-refractivity contribution >= 4 is 13.3 Å². The van der Waals surface area contributed by atoms with Gasteiger partial charge in [0, 0.05) is 12.1 Å². The molecule has 0 bridgehead atoms. The third-order valence-electron chi connectivity index (χ3n) is 1.79. The third kappa shape index (κ3) is 1.94. The second-order valence-electron chi connectivity index (χ2n) is 2.81. The molecule has 1 aliphatic heterocycles. The fourth-order valence-electron chi connectivity index (χ4n) is 1.09. The summed E-state index contributed by atoms with van der Waals surface area (Å²) in [5.74, 6) is -0.509. The van der Waals surface area contributed by atoms with Crippen molar-refractivity contribution in [2.24, 2.45) is 11.7 Å². The van der Waals surface area contributed by atoms with Crippen molar-refractivity contribution in [2.45, 2.75) is 6.04 Å². The molecule has 0 aromatic heterocycles. The van der Waals surface area contributed by atoms with Gasteiger partial charge in [-0.1, -0.05) is 6.08 Å².